The van der Waals surface area contributed by atoms with Crippen LogP contribution in [0, 0.1) is 0 Å². The van der Waals surface area contributed by atoms with Gasteiger partial charge >= 0.3 is 0 Å². The fourth-order valence-corrected chi connectivity index (χ4v) is 4.26. The van der Waals surface area contributed by atoms with Gasteiger partial charge in [0.25, 0.3) is 0 Å². The van der Waals surface area contributed by atoms with Crippen LogP contribution in [0.3, 0.4) is 0 Å². The maximum Gasteiger partial charge on any atom is 0.0598 e. The minimum absolute atomic E-state index is 0.562. The van der Waals surface area contributed by atoms with Crippen molar-refractivity contribution >= 4 is 58.9 Å². The zero-order valence-corrected chi connectivity index (χ0v) is 15.5. The maximum atomic E-state index is 6.01. The third kappa shape index (κ3) is 4.01. The second-order valence-electron chi connectivity index (χ2n) is 5.25. The van der Waals surface area contributed by atoms with Crippen LogP contribution in [-0.2, 0) is 12.8 Å². The molecule has 0 heterocycles. The van der Waals surface area contributed by atoms with Crippen molar-refractivity contribution < 1.29 is 0 Å². The molecule has 23 heavy (non-hydrogen) atoms. The summed E-state index contributed by atoms with van der Waals surface area (Å²) in [5.41, 5.74) is 4.91. The Morgan fingerprint density at radius 2 is 1.96 bits per heavy atom. The number of aryl methyl sites for hydroxylation is 1. The van der Waals surface area contributed by atoms with Crippen molar-refractivity contribution in [2.24, 2.45) is 5.14 Å². The summed E-state index contributed by atoms with van der Waals surface area (Å²) in [7, 11) is 0. The lowest BCUT2D eigenvalue weighted by Crippen LogP contribution is -1.96. The van der Waals surface area contributed by atoms with Gasteiger partial charge in [-0.2, -0.15) is 0 Å². The molecule has 0 saturated heterocycles. The lowest BCUT2D eigenvalue weighted by molar-refractivity contribution is 0.906. The zero-order valence-electron chi connectivity index (χ0n) is 12.3. The Bertz CT molecular complexity index is 748. The molecule has 0 fully saturated rings. The number of hydrogen-bond acceptors (Lipinski definition) is 4. The molecule has 0 aromatic heterocycles. The van der Waals surface area contributed by atoms with Crippen molar-refractivity contribution in [3.05, 3.63) is 62.5 Å². The van der Waals surface area contributed by atoms with Gasteiger partial charge in [0, 0.05) is 0 Å². The van der Waals surface area contributed by atoms with Crippen molar-refractivity contribution in [3.63, 3.8) is 0 Å². The lowest BCUT2D eigenvalue weighted by atomic mass is 10.1. The van der Waals surface area contributed by atoms with Crippen LogP contribution >= 0.6 is 47.1 Å². The van der Waals surface area contributed by atoms with Crippen LogP contribution in [0.25, 0.3) is 6.08 Å². The average Bonchev–Trinajstić information content (AvgIpc) is 3.03. The molecule has 0 aliphatic heterocycles. The van der Waals surface area contributed by atoms with Crippen molar-refractivity contribution in [1.29, 1.82) is 0 Å². The van der Waals surface area contributed by atoms with Gasteiger partial charge in [-0.1, -0.05) is 35.3 Å². The van der Waals surface area contributed by atoms with Crippen LogP contribution in [-0.4, -0.2) is 0 Å². The van der Waals surface area contributed by atoms with Gasteiger partial charge in [-0.05, 0) is 89.5 Å². The Morgan fingerprint density at radius 1 is 1.09 bits per heavy atom. The Labute approximate surface area is 155 Å². The van der Waals surface area contributed by atoms with Crippen molar-refractivity contribution in [3.8, 4) is 0 Å². The van der Waals surface area contributed by atoms with Gasteiger partial charge in [0.1, 0.15) is 0 Å². The highest BCUT2D eigenvalue weighted by atomic mass is 35.5. The number of nitrogens with one attached hydrogen (secondary N) is 1. The number of rotatable bonds is 5. The highest BCUT2D eigenvalue weighted by Crippen LogP contribution is 2.36. The number of hydrogen-bond donors (Lipinski definition) is 2. The Kier molecular flexibility index (Phi) is 5.83. The third-order valence-corrected chi connectivity index (χ3v) is 5.84. The van der Waals surface area contributed by atoms with Crippen LogP contribution in [0.1, 0.15) is 23.1 Å². The van der Waals surface area contributed by atoms with E-state index in [0.29, 0.717) is 10.0 Å². The summed E-state index contributed by atoms with van der Waals surface area (Å²) in [5, 5.41) is 8.99. The van der Waals surface area contributed by atoms with Gasteiger partial charge in [-0.25, -0.2) is 0 Å². The lowest BCUT2D eigenvalue weighted by Gasteiger charge is -2.12. The number of benzene rings is 2. The zero-order chi connectivity index (χ0) is 16.2. The fraction of sp³-hybridized carbons (Fsp3) is 0.176. The SMILES string of the molecule is NSc1c(NS/C=C/c2ccc(Cl)c(Cl)c2)ccc2c1CCC2. The van der Waals surface area contributed by atoms with E-state index < -0.39 is 0 Å². The van der Waals surface area contributed by atoms with E-state index in [2.05, 4.69) is 16.9 Å². The molecule has 0 saturated carbocycles. The third-order valence-electron chi connectivity index (χ3n) is 3.79. The first-order chi connectivity index (χ1) is 11.2. The van der Waals surface area contributed by atoms with Crippen LogP contribution in [0.2, 0.25) is 10.0 Å². The van der Waals surface area contributed by atoms with E-state index in [1.54, 1.807) is 6.07 Å². The summed E-state index contributed by atoms with van der Waals surface area (Å²) in [6.45, 7) is 0. The largest absolute Gasteiger partial charge is 0.325 e. The number of halogens is 2. The predicted molar refractivity (Wildman–Crippen MR) is 105 cm³/mol. The van der Waals surface area contributed by atoms with Crippen LogP contribution in [0.4, 0.5) is 5.69 Å². The molecule has 6 heteroatoms. The van der Waals surface area contributed by atoms with Gasteiger partial charge in [0.2, 0.25) is 0 Å². The van der Waals surface area contributed by atoms with Crippen molar-refractivity contribution in [2.45, 2.75) is 24.2 Å². The minimum Gasteiger partial charge on any atom is -0.325 e. The van der Waals surface area contributed by atoms with Gasteiger partial charge in [-0.15, -0.1) is 0 Å². The summed E-state index contributed by atoms with van der Waals surface area (Å²) in [5.74, 6) is 0. The Morgan fingerprint density at radius 3 is 2.74 bits per heavy atom. The first-order valence-corrected chi connectivity index (χ1v) is 9.75. The monoisotopic (exact) mass is 382 g/mol. The van der Waals surface area contributed by atoms with E-state index in [0.717, 1.165) is 29.0 Å². The highest BCUT2D eigenvalue weighted by molar-refractivity contribution is 8.03. The molecule has 3 rings (SSSR count). The molecule has 0 bridgehead atoms. The smallest absolute Gasteiger partial charge is 0.0598 e. The van der Waals surface area contributed by atoms with E-state index >= 15 is 0 Å². The minimum atomic E-state index is 0.562. The predicted octanol–water partition coefficient (Wildman–Crippen LogP) is 6.18. The van der Waals surface area contributed by atoms with Crippen LogP contribution in [0.15, 0.2) is 40.6 Å². The molecule has 1 aliphatic carbocycles. The first kappa shape index (κ1) is 17.1. The molecular weight excluding hydrogens is 367 g/mol. The Balaban J connectivity index is 1.67. The molecule has 2 nitrogen and oxygen atoms in total. The molecule has 3 N–H and O–H groups in total. The summed E-state index contributed by atoms with van der Waals surface area (Å²) in [6.07, 6.45) is 5.49. The fourth-order valence-electron chi connectivity index (χ4n) is 2.67. The molecule has 120 valence electrons. The molecule has 0 amide bonds. The second-order valence-corrected chi connectivity index (χ2v) is 7.42. The van der Waals surface area contributed by atoms with Gasteiger partial charge < -0.3 is 4.72 Å². The molecule has 1 aliphatic rings. The van der Waals surface area contributed by atoms with Crippen molar-refractivity contribution in [2.75, 3.05) is 4.72 Å². The van der Waals surface area contributed by atoms with Crippen LogP contribution < -0.4 is 9.86 Å². The molecule has 0 atom stereocenters. The normalized spacial score (nSPS) is 13.5. The molecule has 0 radical (unpaired) electrons. The summed E-state index contributed by atoms with van der Waals surface area (Å²) >= 11 is 14.8. The first-order valence-electron chi connectivity index (χ1n) is 7.24. The second kappa shape index (κ2) is 7.86. The highest BCUT2D eigenvalue weighted by Gasteiger charge is 2.17. The summed E-state index contributed by atoms with van der Waals surface area (Å²) in [4.78, 5) is 1.16. The summed E-state index contributed by atoms with van der Waals surface area (Å²) < 4.78 is 3.36. The van der Waals surface area contributed by atoms with Gasteiger partial charge in [0.15, 0.2) is 0 Å². The average molecular weight is 383 g/mol. The number of anilines is 1. The van der Waals surface area contributed by atoms with E-state index in [1.807, 2.05) is 23.6 Å². The standard InChI is InChI=1S/C17H16Cl2N2S2/c18-14-6-4-11(10-15(14)19)8-9-22-21-16-7-5-12-2-1-3-13(12)17(16)23-20/h4-10,21H,1-3,20H2/b9-8+. The topological polar surface area (TPSA) is 38.0 Å². The molecule has 2 aromatic carbocycles. The molecule has 0 spiro atoms. The van der Waals surface area contributed by atoms with Crippen LogP contribution in [0.5, 0.6) is 0 Å². The summed E-state index contributed by atoms with van der Waals surface area (Å²) in [6, 6.07) is 9.89. The van der Waals surface area contributed by atoms with Crippen molar-refractivity contribution in [1.82, 2.24) is 0 Å². The van der Waals surface area contributed by atoms with E-state index in [4.69, 9.17) is 28.3 Å². The molecular formula is C17H16Cl2N2S2. The van der Waals surface area contributed by atoms with Gasteiger partial charge in [-0.3, -0.25) is 5.14 Å². The maximum absolute atomic E-state index is 6.01. The molecule has 2 aromatic rings. The van der Waals surface area contributed by atoms with E-state index in [9.17, 15) is 0 Å². The number of fused-ring (bicyclic) bond motifs is 1. The quantitative estimate of drug-likeness (QED) is 0.605. The molecule has 0 unspecified atom stereocenters. The van der Waals surface area contributed by atoms with E-state index in [1.165, 1.54) is 41.4 Å². The van der Waals surface area contributed by atoms with Gasteiger partial charge in [0.05, 0.1) is 20.6 Å². The Hall–Kier alpha value is -0.780. The van der Waals surface area contributed by atoms with E-state index in [-0.39, 0.29) is 0 Å². The number of nitrogens with two attached hydrogens (primary N) is 1.